The van der Waals surface area contributed by atoms with Crippen molar-refractivity contribution >= 4 is 11.6 Å². The molecule has 0 saturated carbocycles. The molecule has 2 rings (SSSR count). The number of aryl methyl sites for hydroxylation is 1. The summed E-state index contributed by atoms with van der Waals surface area (Å²) in [4.78, 5) is 13.6. The van der Waals surface area contributed by atoms with Crippen LogP contribution in [0.5, 0.6) is 0 Å². The summed E-state index contributed by atoms with van der Waals surface area (Å²) >= 11 is 5.96. The summed E-state index contributed by atoms with van der Waals surface area (Å²) in [6.07, 6.45) is 0. The van der Waals surface area contributed by atoms with Crippen LogP contribution in [0.4, 0.5) is 0 Å². The second kappa shape index (κ2) is 5.95. The molecule has 1 aliphatic rings. The van der Waals surface area contributed by atoms with Gasteiger partial charge in [0.1, 0.15) is 11.0 Å². The van der Waals surface area contributed by atoms with E-state index in [0.29, 0.717) is 11.2 Å². The second-order valence-electron chi connectivity index (χ2n) is 4.96. The van der Waals surface area contributed by atoms with Crippen LogP contribution in [0.2, 0.25) is 5.15 Å². The maximum Gasteiger partial charge on any atom is 0.144 e. The number of rotatable bonds is 3. The normalized spacial score (nSPS) is 22.3. The van der Waals surface area contributed by atoms with Crippen molar-refractivity contribution in [3.8, 4) is 0 Å². The SMILES string of the molecule is CCN1CCN(Cc2nc(C)cc(Cl)n2)CC1C. The molecule has 1 aliphatic heterocycles. The van der Waals surface area contributed by atoms with Crippen molar-refractivity contribution in [1.29, 1.82) is 0 Å². The van der Waals surface area contributed by atoms with Crippen LogP contribution in [0.25, 0.3) is 0 Å². The van der Waals surface area contributed by atoms with Gasteiger partial charge < -0.3 is 0 Å². The van der Waals surface area contributed by atoms with Crippen molar-refractivity contribution in [2.45, 2.75) is 33.4 Å². The van der Waals surface area contributed by atoms with E-state index in [9.17, 15) is 0 Å². The molecule has 1 atom stereocenters. The molecule has 1 fully saturated rings. The van der Waals surface area contributed by atoms with E-state index < -0.39 is 0 Å². The van der Waals surface area contributed by atoms with E-state index in [1.807, 2.05) is 6.92 Å². The van der Waals surface area contributed by atoms with E-state index in [1.54, 1.807) is 6.07 Å². The highest BCUT2D eigenvalue weighted by Crippen LogP contribution is 2.13. The number of likely N-dealkylation sites (N-methyl/N-ethyl adjacent to an activating group) is 1. The fourth-order valence-electron chi connectivity index (χ4n) is 2.54. The molecular weight excluding hydrogens is 248 g/mol. The summed E-state index contributed by atoms with van der Waals surface area (Å²) in [6.45, 7) is 11.6. The van der Waals surface area contributed by atoms with Crippen LogP contribution in [0.1, 0.15) is 25.4 Å². The van der Waals surface area contributed by atoms with Crippen LogP contribution in [-0.4, -0.2) is 52.0 Å². The van der Waals surface area contributed by atoms with E-state index >= 15 is 0 Å². The first-order chi connectivity index (χ1) is 8.58. The summed E-state index contributed by atoms with van der Waals surface area (Å²) in [5.41, 5.74) is 0.935. The lowest BCUT2D eigenvalue weighted by Crippen LogP contribution is -2.51. The highest BCUT2D eigenvalue weighted by atomic mass is 35.5. The first-order valence-corrected chi connectivity index (χ1v) is 6.92. The predicted molar refractivity (Wildman–Crippen MR) is 73.8 cm³/mol. The van der Waals surface area contributed by atoms with Gasteiger partial charge in [0.2, 0.25) is 0 Å². The molecular formula is C13H21ClN4. The van der Waals surface area contributed by atoms with E-state index in [2.05, 4.69) is 33.6 Å². The van der Waals surface area contributed by atoms with Gasteiger partial charge in [-0.25, -0.2) is 9.97 Å². The minimum atomic E-state index is 0.540. The second-order valence-corrected chi connectivity index (χ2v) is 5.35. The summed E-state index contributed by atoms with van der Waals surface area (Å²) in [6, 6.07) is 2.40. The Hall–Kier alpha value is -0.710. The van der Waals surface area contributed by atoms with Gasteiger partial charge in [0.25, 0.3) is 0 Å². The molecule has 0 aliphatic carbocycles. The van der Waals surface area contributed by atoms with Gasteiger partial charge in [0, 0.05) is 31.4 Å². The lowest BCUT2D eigenvalue weighted by molar-refractivity contribution is 0.0817. The number of halogens is 1. The zero-order chi connectivity index (χ0) is 13.1. The van der Waals surface area contributed by atoms with Crippen molar-refractivity contribution in [3.63, 3.8) is 0 Å². The van der Waals surface area contributed by atoms with Gasteiger partial charge in [-0.15, -0.1) is 0 Å². The van der Waals surface area contributed by atoms with Gasteiger partial charge in [-0.05, 0) is 26.5 Å². The third-order valence-corrected chi connectivity index (χ3v) is 3.68. The molecule has 1 unspecified atom stereocenters. The van der Waals surface area contributed by atoms with Crippen molar-refractivity contribution in [3.05, 3.63) is 22.7 Å². The van der Waals surface area contributed by atoms with Crippen molar-refractivity contribution in [2.75, 3.05) is 26.2 Å². The van der Waals surface area contributed by atoms with E-state index in [0.717, 1.165) is 44.2 Å². The highest BCUT2D eigenvalue weighted by Gasteiger charge is 2.22. The van der Waals surface area contributed by atoms with Crippen molar-refractivity contribution in [1.82, 2.24) is 19.8 Å². The number of piperazine rings is 1. The third-order valence-electron chi connectivity index (χ3n) is 3.49. The van der Waals surface area contributed by atoms with Gasteiger partial charge in [-0.3, -0.25) is 9.80 Å². The topological polar surface area (TPSA) is 32.3 Å². The molecule has 0 radical (unpaired) electrons. The van der Waals surface area contributed by atoms with Gasteiger partial charge in [-0.1, -0.05) is 18.5 Å². The molecule has 2 heterocycles. The van der Waals surface area contributed by atoms with Crippen molar-refractivity contribution in [2.24, 2.45) is 0 Å². The number of hydrogen-bond donors (Lipinski definition) is 0. The number of aromatic nitrogens is 2. The minimum absolute atomic E-state index is 0.540. The molecule has 0 aromatic carbocycles. The Balaban J connectivity index is 1.98. The molecule has 4 nitrogen and oxygen atoms in total. The fraction of sp³-hybridized carbons (Fsp3) is 0.692. The zero-order valence-electron chi connectivity index (χ0n) is 11.4. The first-order valence-electron chi connectivity index (χ1n) is 6.55. The molecule has 0 amide bonds. The molecule has 0 bridgehead atoms. The average Bonchev–Trinajstić information content (AvgIpc) is 2.27. The van der Waals surface area contributed by atoms with Crippen LogP contribution in [0, 0.1) is 6.92 Å². The molecule has 0 spiro atoms. The zero-order valence-corrected chi connectivity index (χ0v) is 12.1. The van der Waals surface area contributed by atoms with Crippen LogP contribution in [0.15, 0.2) is 6.07 Å². The Kier molecular flexibility index (Phi) is 4.54. The quantitative estimate of drug-likeness (QED) is 0.785. The third kappa shape index (κ3) is 3.40. The first kappa shape index (κ1) is 13.7. The summed E-state index contributed by atoms with van der Waals surface area (Å²) in [7, 11) is 0. The monoisotopic (exact) mass is 268 g/mol. The lowest BCUT2D eigenvalue weighted by Gasteiger charge is -2.39. The van der Waals surface area contributed by atoms with E-state index in [-0.39, 0.29) is 0 Å². The van der Waals surface area contributed by atoms with Gasteiger partial charge in [0.15, 0.2) is 0 Å². The summed E-state index contributed by atoms with van der Waals surface area (Å²) < 4.78 is 0. The molecule has 5 heteroatoms. The van der Waals surface area contributed by atoms with E-state index in [1.165, 1.54) is 0 Å². The van der Waals surface area contributed by atoms with Gasteiger partial charge >= 0.3 is 0 Å². The average molecular weight is 269 g/mol. The Morgan fingerprint density at radius 3 is 2.78 bits per heavy atom. The maximum atomic E-state index is 5.96. The Morgan fingerprint density at radius 1 is 1.39 bits per heavy atom. The Bertz CT molecular complexity index is 390. The summed E-state index contributed by atoms with van der Waals surface area (Å²) in [5.74, 6) is 0.831. The van der Waals surface area contributed by atoms with Gasteiger partial charge in [0.05, 0.1) is 6.54 Å². The standard InChI is InChI=1S/C13H21ClN4/c1-4-18-6-5-17(8-11(18)3)9-13-15-10(2)7-12(14)16-13/h7,11H,4-6,8-9H2,1-3H3. The predicted octanol–water partition coefficient (Wildman–Crippen LogP) is 1.96. The minimum Gasteiger partial charge on any atom is -0.298 e. The largest absolute Gasteiger partial charge is 0.298 e. The Labute approximate surface area is 114 Å². The smallest absolute Gasteiger partial charge is 0.144 e. The molecule has 18 heavy (non-hydrogen) atoms. The van der Waals surface area contributed by atoms with Crippen LogP contribution in [0.3, 0.4) is 0 Å². The number of nitrogens with zero attached hydrogens (tertiary/aromatic N) is 4. The van der Waals surface area contributed by atoms with E-state index in [4.69, 9.17) is 11.6 Å². The molecule has 0 N–H and O–H groups in total. The summed E-state index contributed by atoms with van der Waals surface area (Å²) in [5, 5.41) is 0.540. The molecule has 1 aromatic rings. The van der Waals surface area contributed by atoms with Gasteiger partial charge in [-0.2, -0.15) is 0 Å². The molecule has 1 saturated heterocycles. The van der Waals surface area contributed by atoms with Crippen LogP contribution >= 0.6 is 11.6 Å². The van der Waals surface area contributed by atoms with Crippen LogP contribution < -0.4 is 0 Å². The maximum absolute atomic E-state index is 5.96. The van der Waals surface area contributed by atoms with Crippen molar-refractivity contribution < 1.29 is 0 Å². The Morgan fingerprint density at radius 2 is 2.17 bits per heavy atom. The molecule has 1 aromatic heterocycles. The molecule has 100 valence electrons. The van der Waals surface area contributed by atoms with Crippen LogP contribution in [-0.2, 0) is 6.54 Å². The fourth-order valence-corrected chi connectivity index (χ4v) is 2.80. The lowest BCUT2D eigenvalue weighted by atomic mass is 10.2. The number of hydrogen-bond acceptors (Lipinski definition) is 4. The highest BCUT2D eigenvalue weighted by molar-refractivity contribution is 6.29.